The third-order valence-electron chi connectivity index (χ3n) is 3.07. The molecule has 21 heavy (non-hydrogen) atoms. The minimum atomic E-state index is -4.66. The van der Waals surface area contributed by atoms with Gasteiger partial charge in [0.15, 0.2) is 0 Å². The van der Waals surface area contributed by atoms with Crippen LogP contribution in [-0.2, 0) is 6.42 Å². The van der Waals surface area contributed by atoms with Crippen molar-refractivity contribution >= 4 is 0 Å². The van der Waals surface area contributed by atoms with Gasteiger partial charge in [0.2, 0.25) is 0 Å². The summed E-state index contributed by atoms with van der Waals surface area (Å²) in [4.78, 5) is 0. The number of para-hydroxylation sites is 1. The molecule has 2 rings (SSSR count). The SMILES string of the molecule is Cc1ccc([CH]CCc2ccccc2OC(F)(F)F)cc1. The van der Waals surface area contributed by atoms with Crippen LogP contribution in [0.2, 0.25) is 0 Å². The van der Waals surface area contributed by atoms with E-state index >= 15 is 0 Å². The zero-order chi connectivity index (χ0) is 15.3. The van der Waals surface area contributed by atoms with Crippen molar-refractivity contribution < 1.29 is 17.9 Å². The minimum Gasteiger partial charge on any atom is -0.406 e. The lowest BCUT2D eigenvalue weighted by molar-refractivity contribution is -0.274. The summed E-state index contributed by atoms with van der Waals surface area (Å²) in [5, 5.41) is 0. The molecule has 0 atom stereocenters. The summed E-state index contributed by atoms with van der Waals surface area (Å²) in [5.41, 5.74) is 2.80. The Hall–Kier alpha value is -1.97. The van der Waals surface area contributed by atoms with Crippen molar-refractivity contribution in [2.45, 2.75) is 26.1 Å². The van der Waals surface area contributed by atoms with Crippen LogP contribution < -0.4 is 4.74 Å². The molecule has 0 unspecified atom stereocenters. The summed E-state index contributed by atoms with van der Waals surface area (Å²) in [7, 11) is 0. The average molecular weight is 293 g/mol. The number of alkyl halides is 3. The van der Waals surface area contributed by atoms with E-state index < -0.39 is 6.36 Å². The van der Waals surface area contributed by atoms with E-state index in [9.17, 15) is 13.2 Å². The fourth-order valence-electron chi connectivity index (χ4n) is 2.03. The highest BCUT2D eigenvalue weighted by Crippen LogP contribution is 2.27. The lowest BCUT2D eigenvalue weighted by Crippen LogP contribution is -2.18. The van der Waals surface area contributed by atoms with E-state index in [1.54, 1.807) is 12.1 Å². The van der Waals surface area contributed by atoms with Gasteiger partial charge in [0.05, 0.1) is 0 Å². The van der Waals surface area contributed by atoms with Crippen LogP contribution in [0.3, 0.4) is 0 Å². The Kier molecular flexibility index (Phi) is 4.89. The van der Waals surface area contributed by atoms with E-state index in [1.807, 2.05) is 37.6 Å². The minimum absolute atomic E-state index is 0.123. The maximum Gasteiger partial charge on any atom is 0.573 e. The molecule has 0 saturated heterocycles. The third kappa shape index (κ3) is 5.14. The Bertz CT molecular complexity index is 573. The van der Waals surface area contributed by atoms with E-state index in [0.29, 0.717) is 18.4 Å². The van der Waals surface area contributed by atoms with Crippen LogP contribution in [-0.4, -0.2) is 6.36 Å². The van der Waals surface area contributed by atoms with Gasteiger partial charge in [-0.05, 0) is 43.4 Å². The highest BCUT2D eigenvalue weighted by atomic mass is 19.4. The van der Waals surface area contributed by atoms with Crippen LogP contribution in [0.25, 0.3) is 0 Å². The number of aryl methyl sites for hydroxylation is 2. The molecular weight excluding hydrogens is 277 g/mol. The molecule has 0 amide bonds. The molecule has 1 radical (unpaired) electrons. The van der Waals surface area contributed by atoms with Crippen molar-refractivity contribution in [2.24, 2.45) is 0 Å². The van der Waals surface area contributed by atoms with Gasteiger partial charge in [0.25, 0.3) is 0 Å². The van der Waals surface area contributed by atoms with E-state index in [-0.39, 0.29) is 5.75 Å². The van der Waals surface area contributed by atoms with Crippen molar-refractivity contribution in [1.29, 1.82) is 0 Å². The lowest BCUT2D eigenvalue weighted by atomic mass is 10.0. The van der Waals surface area contributed by atoms with Crippen LogP contribution in [0, 0.1) is 13.3 Å². The molecule has 0 aliphatic rings. The number of benzene rings is 2. The van der Waals surface area contributed by atoms with E-state index in [1.165, 1.54) is 17.7 Å². The predicted octanol–water partition coefficient (Wildman–Crippen LogP) is 5.08. The first-order chi connectivity index (χ1) is 9.94. The van der Waals surface area contributed by atoms with Gasteiger partial charge >= 0.3 is 6.36 Å². The summed E-state index contributed by atoms with van der Waals surface area (Å²) >= 11 is 0. The molecule has 0 N–H and O–H groups in total. The smallest absolute Gasteiger partial charge is 0.406 e. The molecule has 0 saturated carbocycles. The van der Waals surface area contributed by atoms with E-state index in [4.69, 9.17) is 0 Å². The van der Waals surface area contributed by atoms with Gasteiger partial charge in [-0.3, -0.25) is 0 Å². The van der Waals surface area contributed by atoms with Crippen LogP contribution in [0.5, 0.6) is 5.75 Å². The molecule has 0 fully saturated rings. The summed E-state index contributed by atoms with van der Waals surface area (Å²) in [6.07, 6.45) is -1.50. The van der Waals surface area contributed by atoms with Crippen LogP contribution in [0.15, 0.2) is 48.5 Å². The van der Waals surface area contributed by atoms with Crippen molar-refractivity contribution in [1.82, 2.24) is 0 Å². The first kappa shape index (κ1) is 15.4. The first-order valence-corrected chi connectivity index (χ1v) is 6.67. The molecular formula is C17H16F3O. The van der Waals surface area contributed by atoms with Gasteiger partial charge in [-0.2, -0.15) is 0 Å². The fraction of sp³-hybridized carbons (Fsp3) is 0.235. The maximum atomic E-state index is 12.3. The lowest BCUT2D eigenvalue weighted by Gasteiger charge is -2.13. The van der Waals surface area contributed by atoms with E-state index in [2.05, 4.69) is 4.74 Å². The fourth-order valence-corrected chi connectivity index (χ4v) is 2.03. The Labute approximate surface area is 122 Å². The van der Waals surface area contributed by atoms with Gasteiger partial charge in [0.1, 0.15) is 5.75 Å². The summed E-state index contributed by atoms with van der Waals surface area (Å²) in [6, 6.07) is 14.2. The zero-order valence-electron chi connectivity index (χ0n) is 11.7. The monoisotopic (exact) mass is 293 g/mol. The largest absolute Gasteiger partial charge is 0.573 e. The molecule has 1 nitrogen and oxygen atoms in total. The molecule has 2 aromatic rings. The average Bonchev–Trinajstić information content (AvgIpc) is 2.41. The number of ether oxygens (including phenoxy) is 1. The normalized spacial score (nSPS) is 11.4. The highest BCUT2D eigenvalue weighted by molar-refractivity contribution is 5.34. The quantitative estimate of drug-likeness (QED) is 0.747. The predicted molar refractivity (Wildman–Crippen MR) is 76.0 cm³/mol. The second kappa shape index (κ2) is 6.66. The Morgan fingerprint density at radius 2 is 1.67 bits per heavy atom. The Morgan fingerprint density at radius 1 is 1.00 bits per heavy atom. The summed E-state index contributed by atoms with van der Waals surface area (Å²) in [6.45, 7) is 2.01. The van der Waals surface area contributed by atoms with Crippen molar-refractivity contribution in [3.8, 4) is 5.75 Å². The highest BCUT2D eigenvalue weighted by Gasteiger charge is 2.31. The summed E-state index contributed by atoms with van der Waals surface area (Å²) < 4.78 is 41.0. The second-order valence-corrected chi connectivity index (χ2v) is 4.81. The van der Waals surface area contributed by atoms with Gasteiger partial charge in [0, 0.05) is 0 Å². The number of halogens is 3. The van der Waals surface area contributed by atoms with Crippen molar-refractivity contribution in [2.75, 3.05) is 0 Å². The molecule has 0 aliphatic heterocycles. The third-order valence-corrected chi connectivity index (χ3v) is 3.07. The molecule has 111 valence electrons. The Balaban J connectivity index is 1.95. The molecule has 0 aliphatic carbocycles. The molecule has 0 heterocycles. The van der Waals surface area contributed by atoms with Gasteiger partial charge < -0.3 is 4.74 Å². The number of hydrogen-bond donors (Lipinski definition) is 0. The van der Waals surface area contributed by atoms with Gasteiger partial charge in [-0.25, -0.2) is 0 Å². The summed E-state index contributed by atoms with van der Waals surface area (Å²) in [5.74, 6) is -0.123. The molecule has 0 spiro atoms. The van der Waals surface area contributed by atoms with E-state index in [0.717, 1.165) is 5.56 Å². The maximum absolute atomic E-state index is 12.3. The van der Waals surface area contributed by atoms with Gasteiger partial charge in [-0.15, -0.1) is 13.2 Å². The zero-order valence-corrected chi connectivity index (χ0v) is 11.7. The molecule has 0 aromatic heterocycles. The molecule has 4 heteroatoms. The molecule has 0 bridgehead atoms. The topological polar surface area (TPSA) is 9.23 Å². The van der Waals surface area contributed by atoms with Gasteiger partial charge in [-0.1, -0.05) is 48.0 Å². The second-order valence-electron chi connectivity index (χ2n) is 4.81. The van der Waals surface area contributed by atoms with Crippen molar-refractivity contribution in [3.63, 3.8) is 0 Å². The first-order valence-electron chi connectivity index (χ1n) is 6.67. The standard InChI is InChI=1S/C17H16F3O/c1-13-9-11-14(12-10-13)5-4-7-15-6-2-3-8-16(15)21-17(18,19)20/h2-3,5-6,8-12H,4,7H2,1H3. The number of rotatable bonds is 5. The Morgan fingerprint density at radius 3 is 2.33 bits per heavy atom. The molecule has 2 aromatic carbocycles. The van der Waals surface area contributed by atoms with Crippen molar-refractivity contribution in [3.05, 3.63) is 71.6 Å². The van der Waals surface area contributed by atoms with Crippen LogP contribution in [0.4, 0.5) is 13.2 Å². The van der Waals surface area contributed by atoms with Crippen LogP contribution in [0.1, 0.15) is 23.1 Å². The number of hydrogen-bond acceptors (Lipinski definition) is 1. The van der Waals surface area contributed by atoms with Crippen LogP contribution >= 0.6 is 0 Å².